The Morgan fingerprint density at radius 3 is 2.57 bits per heavy atom. The van der Waals surface area contributed by atoms with Gasteiger partial charge in [0.1, 0.15) is 5.82 Å². The largest absolute Gasteiger partial charge is 0.397 e. The molecule has 0 aliphatic rings. The second-order valence-corrected chi connectivity index (χ2v) is 5.74. The molecule has 6 heteroatoms. The van der Waals surface area contributed by atoms with Crippen molar-refractivity contribution in [2.45, 2.75) is 6.92 Å². The maximum atomic E-state index is 12.2. The molecule has 0 aliphatic heterocycles. The highest BCUT2D eigenvalue weighted by molar-refractivity contribution is 9.10. The third-order valence-electron chi connectivity index (χ3n) is 3.03. The second-order valence-electron chi connectivity index (χ2n) is 4.89. The number of carbonyl (C=O) groups excluding carboxylic acids is 1. The van der Waals surface area contributed by atoms with Crippen molar-refractivity contribution in [3.8, 4) is 0 Å². The number of aromatic nitrogens is 1. The summed E-state index contributed by atoms with van der Waals surface area (Å²) >= 11 is 3.38. The molecular weight excluding hydrogens is 332 g/mol. The van der Waals surface area contributed by atoms with Crippen molar-refractivity contribution in [1.29, 1.82) is 0 Å². The van der Waals surface area contributed by atoms with E-state index in [0.717, 1.165) is 15.9 Å². The van der Waals surface area contributed by atoms with Crippen LogP contribution in [0.5, 0.6) is 0 Å². The SMILES string of the molecule is Cc1nc(NC(=O)c2ccc(N(C)C)c(N)c2)ccc1Br. The Labute approximate surface area is 132 Å². The van der Waals surface area contributed by atoms with E-state index in [-0.39, 0.29) is 5.91 Å². The second kappa shape index (κ2) is 6.13. The first-order chi connectivity index (χ1) is 9.88. The number of nitrogens with two attached hydrogens (primary N) is 1. The summed E-state index contributed by atoms with van der Waals surface area (Å²) in [6, 6.07) is 8.82. The maximum Gasteiger partial charge on any atom is 0.256 e. The lowest BCUT2D eigenvalue weighted by Crippen LogP contribution is -2.15. The van der Waals surface area contributed by atoms with Crippen LogP contribution >= 0.6 is 15.9 Å². The zero-order valence-electron chi connectivity index (χ0n) is 12.1. The summed E-state index contributed by atoms with van der Waals surface area (Å²) in [6.45, 7) is 1.86. The van der Waals surface area contributed by atoms with Crippen LogP contribution in [0.25, 0.3) is 0 Å². The van der Waals surface area contributed by atoms with Gasteiger partial charge in [0, 0.05) is 24.1 Å². The van der Waals surface area contributed by atoms with E-state index in [1.807, 2.05) is 38.1 Å². The van der Waals surface area contributed by atoms with Gasteiger partial charge in [-0.3, -0.25) is 4.79 Å². The van der Waals surface area contributed by atoms with E-state index in [9.17, 15) is 4.79 Å². The van der Waals surface area contributed by atoms with E-state index in [1.165, 1.54) is 0 Å². The molecule has 110 valence electrons. The summed E-state index contributed by atoms with van der Waals surface area (Å²) in [7, 11) is 3.81. The summed E-state index contributed by atoms with van der Waals surface area (Å²) < 4.78 is 0.903. The molecule has 1 amide bonds. The standard InChI is InChI=1S/C15H17BrN4O/c1-9-11(16)5-7-14(18-9)19-15(21)10-4-6-13(20(2)3)12(17)8-10/h4-8H,17H2,1-3H3,(H,18,19,21). The molecule has 21 heavy (non-hydrogen) atoms. The molecule has 5 nitrogen and oxygen atoms in total. The number of benzene rings is 1. The number of anilines is 3. The van der Waals surface area contributed by atoms with Gasteiger partial charge in [-0.15, -0.1) is 0 Å². The Morgan fingerprint density at radius 2 is 2.00 bits per heavy atom. The predicted octanol–water partition coefficient (Wildman–Crippen LogP) is 3.05. The molecule has 0 radical (unpaired) electrons. The summed E-state index contributed by atoms with van der Waals surface area (Å²) in [4.78, 5) is 18.4. The van der Waals surface area contributed by atoms with Crippen molar-refractivity contribution in [1.82, 2.24) is 4.98 Å². The van der Waals surface area contributed by atoms with Crippen LogP contribution < -0.4 is 16.0 Å². The van der Waals surface area contributed by atoms with Crippen molar-refractivity contribution in [3.63, 3.8) is 0 Å². The van der Waals surface area contributed by atoms with Crippen LogP contribution in [-0.2, 0) is 0 Å². The topological polar surface area (TPSA) is 71.2 Å². The molecule has 0 saturated carbocycles. The van der Waals surface area contributed by atoms with Gasteiger partial charge in [0.2, 0.25) is 0 Å². The first-order valence-corrected chi connectivity index (χ1v) is 7.19. The number of halogens is 1. The number of pyridine rings is 1. The van der Waals surface area contributed by atoms with Gasteiger partial charge in [0.15, 0.2) is 0 Å². The molecule has 2 rings (SSSR count). The minimum absolute atomic E-state index is 0.235. The van der Waals surface area contributed by atoms with Crippen molar-refractivity contribution < 1.29 is 4.79 Å². The van der Waals surface area contributed by atoms with Gasteiger partial charge in [-0.05, 0) is 53.2 Å². The molecule has 1 aromatic heterocycles. The first kappa shape index (κ1) is 15.3. The minimum Gasteiger partial charge on any atom is -0.397 e. The molecule has 1 aromatic carbocycles. The lowest BCUT2D eigenvalue weighted by molar-refractivity contribution is 0.102. The smallest absolute Gasteiger partial charge is 0.256 e. The number of rotatable bonds is 3. The average molecular weight is 349 g/mol. The van der Waals surface area contributed by atoms with Crippen LogP contribution in [0.4, 0.5) is 17.2 Å². The number of aryl methyl sites for hydroxylation is 1. The van der Waals surface area contributed by atoms with Crippen LogP contribution in [0.3, 0.4) is 0 Å². The van der Waals surface area contributed by atoms with Crippen molar-refractivity contribution >= 4 is 39.0 Å². The van der Waals surface area contributed by atoms with Gasteiger partial charge in [0.25, 0.3) is 5.91 Å². The number of nitrogens with zero attached hydrogens (tertiary/aromatic N) is 2. The van der Waals surface area contributed by atoms with E-state index in [4.69, 9.17) is 5.73 Å². The number of amides is 1. The fourth-order valence-corrected chi connectivity index (χ4v) is 2.13. The van der Waals surface area contributed by atoms with Crippen LogP contribution in [-0.4, -0.2) is 25.0 Å². The Morgan fingerprint density at radius 1 is 1.29 bits per heavy atom. The number of hydrogen-bond acceptors (Lipinski definition) is 4. The number of nitrogen functional groups attached to an aromatic ring is 1. The monoisotopic (exact) mass is 348 g/mol. The van der Waals surface area contributed by atoms with Gasteiger partial charge in [-0.2, -0.15) is 0 Å². The van der Waals surface area contributed by atoms with Gasteiger partial charge in [-0.1, -0.05) is 0 Å². The van der Waals surface area contributed by atoms with E-state index in [1.54, 1.807) is 18.2 Å². The highest BCUT2D eigenvalue weighted by Gasteiger charge is 2.10. The Balaban J connectivity index is 2.20. The molecule has 0 saturated heterocycles. The van der Waals surface area contributed by atoms with Crippen LogP contribution in [0.2, 0.25) is 0 Å². The average Bonchev–Trinajstić information content (AvgIpc) is 2.42. The van der Waals surface area contributed by atoms with Crippen molar-refractivity contribution in [2.24, 2.45) is 0 Å². The van der Waals surface area contributed by atoms with Gasteiger partial charge in [0.05, 0.1) is 17.1 Å². The van der Waals surface area contributed by atoms with Crippen molar-refractivity contribution in [3.05, 3.63) is 46.1 Å². The first-order valence-electron chi connectivity index (χ1n) is 6.40. The Bertz CT molecular complexity index is 685. The molecule has 0 aliphatic carbocycles. The summed E-state index contributed by atoms with van der Waals surface area (Å²) in [6.07, 6.45) is 0. The molecule has 3 N–H and O–H groups in total. The lowest BCUT2D eigenvalue weighted by Gasteiger charge is -2.15. The number of carbonyl (C=O) groups is 1. The summed E-state index contributed by atoms with van der Waals surface area (Å²) in [5, 5.41) is 2.76. The molecular formula is C15H17BrN4O. The van der Waals surface area contributed by atoms with Crippen LogP contribution in [0.15, 0.2) is 34.8 Å². The molecule has 0 spiro atoms. The fourth-order valence-electron chi connectivity index (χ4n) is 1.91. The fraction of sp³-hybridized carbons (Fsp3) is 0.200. The van der Waals surface area contributed by atoms with Gasteiger partial charge in [-0.25, -0.2) is 4.98 Å². The molecule has 2 aromatic rings. The summed E-state index contributed by atoms with van der Waals surface area (Å²) in [5.74, 6) is 0.275. The van der Waals surface area contributed by atoms with E-state index in [2.05, 4.69) is 26.2 Å². The third kappa shape index (κ3) is 3.52. The van der Waals surface area contributed by atoms with Gasteiger partial charge >= 0.3 is 0 Å². The quantitative estimate of drug-likeness (QED) is 0.836. The van der Waals surface area contributed by atoms with Gasteiger partial charge < -0.3 is 16.0 Å². The minimum atomic E-state index is -0.235. The Hall–Kier alpha value is -2.08. The molecule has 0 bridgehead atoms. The van der Waals surface area contributed by atoms with Crippen LogP contribution in [0, 0.1) is 6.92 Å². The zero-order valence-corrected chi connectivity index (χ0v) is 13.7. The highest BCUT2D eigenvalue weighted by atomic mass is 79.9. The van der Waals surface area contributed by atoms with E-state index >= 15 is 0 Å². The maximum absolute atomic E-state index is 12.2. The Kier molecular flexibility index (Phi) is 4.47. The molecule has 0 unspecified atom stereocenters. The lowest BCUT2D eigenvalue weighted by atomic mass is 10.1. The summed E-state index contributed by atoms with van der Waals surface area (Å²) in [5.41, 5.74) is 8.71. The van der Waals surface area contributed by atoms with Crippen LogP contribution in [0.1, 0.15) is 16.1 Å². The molecule has 0 fully saturated rings. The van der Waals surface area contributed by atoms with Crippen molar-refractivity contribution in [2.75, 3.05) is 30.0 Å². The normalized spacial score (nSPS) is 10.3. The zero-order chi connectivity index (χ0) is 15.6. The predicted molar refractivity (Wildman–Crippen MR) is 89.8 cm³/mol. The number of nitrogens with one attached hydrogen (secondary N) is 1. The molecule has 0 atom stereocenters. The molecule has 1 heterocycles. The number of hydrogen-bond donors (Lipinski definition) is 2. The van der Waals surface area contributed by atoms with E-state index in [0.29, 0.717) is 17.1 Å². The highest BCUT2D eigenvalue weighted by Crippen LogP contribution is 2.23. The van der Waals surface area contributed by atoms with E-state index < -0.39 is 0 Å². The third-order valence-corrected chi connectivity index (χ3v) is 3.87.